The molecule has 4 nitrogen and oxygen atoms in total. The first-order chi connectivity index (χ1) is 15.4. The maximum Gasteiger partial charge on any atom is 0.252 e. The van der Waals surface area contributed by atoms with Crippen molar-refractivity contribution in [2.75, 3.05) is 13.1 Å². The Kier molecular flexibility index (Phi) is 7.06. The van der Waals surface area contributed by atoms with Crippen LogP contribution in [0.15, 0.2) is 58.5 Å². The lowest BCUT2D eigenvalue weighted by Gasteiger charge is -2.39. The summed E-state index contributed by atoms with van der Waals surface area (Å²) in [5, 5.41) is 4.28. The summed E-state index contributed by atoms with van der Waals surface area (Å²) in [6, 6.07) is 13.6. The quantitative estimate of drug-likeness (QED) is 0.521. The third kappa shape index (κ3) is 5.10. The molecule has 2 aromatic carbocycles. The van der Waals surface area contributed by atoms with Gasteiger partial charge in [-0.05, 0) is 51.0 Å². The van der Waals surface area contributed by atoms with Gasteiger partial charge in [-0.2, -0.15) is 0 Å². The SMILES string of the molecule is CC1CCCC(C)N1CCNC(=O)c1cc(Sc2ccc(F)cc2F)nc2ccccc12. The molecule has 3 aromatic rings. The van der Waals surface area contributed by atoms with E-state index in [9.17, 15) is 13.6 Å². The fourth-order valence-electron chi connectivity index (χ4n) is 4.37. The maximum atomic E-state index is 14.1. The third-order valence-electron chi connectivity index (χ3n) is 6.08. The van der Waals surface area contributed by atoms with E-state index in [0.29, 0.717) is 34.7 Å². The molecule has 0 spiro atoms. The predicted octanol–water partition coefficient (Wildman–Crippen LogP) is 5.66. The summed E-state index contributed by atoms with van der Waals surface area (Å²) in [5.41, 5.74) is 1.16. The summed E-state index contributed by atoms with van der Waals surface area (Å²) in [4.78, 5) is 20.4. The number of hydrogen-bond donors (Lipinski definition) is 1. The Morgan fingerprint density at radius 2 is 1.88 bits per heavy atom. The second-order valence-corrected chi connectivity index (χ2v) is 9.39. The number of nitrogens with one attached hydrogen (secondary N) is 1. The van der Waals surface area contributed by atoms with Crippen molar-refractivity contribution in [3.05, 3.63) is 65.7 Å². The van der Waals surface area contributed by atoms with E-state index in [1.165, 1.54) is 31.4 Å². The lowest BCUT2D eigenvalue weighted by atomic mass is 9.98. The number of aromatic nitrogens is 1. The molecule has 4 rings (SSSR count). The number of halogens is 2. The van der Waals surface area contributed by atoms with Gasteiger partial charge in [-0.15, -0.1) is 0 Å². The van der Waals surface area contributed by atoms with Crippen LogP contribution in [0.1, 0.15) is 43.5 Å². The van der Waals surface area contributed by atoms with Crippen LogP contribution in [0.5, 0.6) is 0 Å². The number of piperidine rings is 1. The van der Waals surface area contributed by atoms with Gasteiger partial charge in [0, 0.05) is 41.5 Å². The molecule has 2 heterocycles. The maximum absolute atomic E-state index is 14.1. The highest BCUT2D eigenvalue weighted by Gasteiger charge is 2.24. The molecule has 1 fully saturated rings. The number of hydrogen-bond acceptors (Lipinski definition) is 4. The van der Waals surface area contributed by atoms with Gasteiger partial charge in [-0.3, -0.25) is 9.69 Å². The third-order valence-corrected chi connectivity index (χ3v) is 7.05. The van der Waals surface area contributed by atoms with E-state index < -0.39 is 11.6 Å². The topological polar surface area (TPSA) is 45.2 Å². The van der Waals surface area contributed by atoms with Gasteiger partial charge in [-0.25, -0.2) is 13.8 Å². The molecule has 0 radical (unpaired) electrons. The minimum Gasteiger partial charge on any atom is -0.351 e. The van der Waals surface area contributed by atoms with E-state index in [-0.39, 0.29) is 10.8 Å². The largest absolute Gasteiger partial charge is 0.351 e. The van der Waals surface area contributed by atoms with Gasteiger partial charge in [0.15, 0.2) is 0 Å². The van der Waals surface area contributed by atoms with Gasteiger partial charge in [0.25, 0.3) is 5.91 Å². The van der Waals surface area contributed by atoms with Crippen LogP contribution in [-0.4, -0.2) is 41.0 Å². The Bertz CT molecular complexity index is 1110. The van der Waals surface area contributed by atoms with Crippen molar-refractivity contribution in [2.24, 2.45) is 0 Å². The first-order valence-corrected chi connectivity index (χ1v) is 11.8. The number of likely N-dealkylation sites (tertiary alicyclic amines) is 1. The molecular formula is C25H27F2N3OS. The zero-order chi connectivity index (χ0) is 22.7. The van der Waals surface area contributed by atoms with E-state index >= 15 is 0 Å². The van der Waals surface area contributed by atoms with Crippen LogP contribution >= 0.6 is 11.8 Å². The van der Waals surface area contributed by atoms with Gasteiger partial charge in [0.2, 0.25) is 0 Å². The lowest BCUT2D eigenvalue weighted by molar-refractivity contribution is 0.0890. The van der Waals surface area contributed by atoms with Crippen molar-refractivity contribution in [1.29, 1.82) is 0 Å². The van der Waals surface area contributed by atoms with Crippen LogP contribution in [0.4, 0.5) is 8.78 Å². The summed E-state index contributed by atoms with van der Waals surface area (Å²) >= 11 is 1.08. The average Bonchev–Trinajstić information content (AvgIpc) is 2.77. The fraction of sp³-hybridized carbons (Fsp3) is 0.360. The van der Waals surface area contributed by atoms with E-state index in [1.54, 1.807) is 6.07 Å². The summed E-state index contributed by atoms with van der Waals surface area (Å²) in [6.07, 6.45) is 3.63. The molecule has 1 aromatic heterocycles. The van der Waals surface area contributed by atoms with Crippen LogP contribution in [-0.2, 0) is 0 Å². The Balaban J connectivity index is 1.53. The summed E-state index contributed by atoms with van der Waals surface area (Å²) < 4.78 is 27.4. The number of benzene rings is 2. The molecule has 32 heavy (non-hydrogen) atoms. The van der Waals surface area contributed by atoms with Crippen molar-refractivity contribution in [2.45, 2.75) is 55.1 Å². The van der Waals surface area contributed by atoms with E-state index in [1.807, 2.05) is 24.3 Å². The van der Waals surface area contributed by atoms with Crippen LogP contribution in [0.3, 0.4) is 0 Å². The number of fused-ring (bicyclic) bond motifs is 1. The molecule has 1 saturated heterocycles. The number of pyridine rings is 1. The van der Waals surface area contributed by atoms with Gasteiger partial charge in [-0.1, -0.05) is 36.4 Å². The molecule has 1 aliphatic heterocycles. The lowest BCUT2D eigenvalue weighted by Crippen LogP contribution is -2.47. The fourth-order valence-corrected chi connectivity index (χ4v) is 5.21. The van der Waals surface area contributed by atoms with Gasteiger partial charge < -0.3 is 5.32 Å². The predicted molar refractivity (Wildman–Crippen MR) is 124 cm³/mol. The minimum atomic E-state index is -0.652. The highest BCUT2D eigenvalue weighted by atomic mass is 32.2. The molecule has 1 amide bonds. The zero-order valence-corrected chi connectivity index (χ0v) is 19.1. The molecular weight excluding hydrogens is 428 g/mol. The summed E-state index contributed by atoms with van der Waals surface area (Å²) in [6.45, 7) is 5.84. The number of nitrogens with zero attached hydrogens (tertiary/aromatic N) is 2. The van der Waals surface area contributed by atoms with E-state index in [0.717, 1.165) is 29.8 Å². The Labute approximate surface area is 191 Å². The number of carbonyl (C=O) groups is 1. The van der Waals surface area contributed by atoms with Crippen molar-refractivity contribution in [3.63, 3.8) is 0 Å². The number of para-hydroxylation sites is 1. The van der Waals surface area contributed by atoms with Crippen molar-refractivity contribution < 1.29 is 13.6 Å². The molecule has 2 atom stereocenters. The Morgan fingerprint density at radius 3 is 2.62 bits per heavy atom. The highest BCUT2D eigenvalue weighted by molar-refractivity contribution is 7.99. The second kappa shape index (κ2) is 9.96. The average molecular weight is 456 g/mol. The molecule has 7 heteroatoms. The summed E-state index contributed by atoms with van der Waals surface area (Å²) in [5.74, 6) is -1.46. The van der Waals surface area contributed by atoms with E-state index in [2.05, 4.69) is 29.0 Å². The molecule has 0 bridgehead atoms. The minimum absolute atomic E-state index is 0.178. The van der Waals surface area contributed by atoms with Gasteiger partial charge >= 0.3 is 0 Å². The van der Waals surface area contributed by atoms with Crippen molar-refractivity contribution in [1.82, 2.24) is 15.2 Å². The molecule has 0 aliphatic carbocycles. The molecule has 168 valence electrons. The van der Waals surface area contributed by atoms with Crippen molar-refractivity contribution in [3.8, 4) is 0 Å². The normalized spacial score (nSPS) is 19.2. The smallest absolute Gasteiger partial charge is 0.252 e. The monoisotopic (exact) mass is 455 g/mol. The highest BCUT2D eigenvalue weighted by Crippen LogP contribution is 2.31. The Hall–Kier alpha value is -2.51. The zero-order valence-electron chi connectivity index (χ0n) is 18.3. The van der Waals surface area contributed by atoms with Crippen LogP contribution < -0.4 is 5.32 Å². The first-order valence-electron chi connectivity index (χ1n) is 11.0. The molecule has 1 N–H and O–H groups in total. The summed E-state index contributed by atoms with van der Waals surface area (Å²) in [7, 11) is 0. The standard InChI is InChI=1S/C25H27F2N3OS/c1-16-6-5-7-17(2)30(16)13-12-28-25(31)20-15-24(29-22-9-4-3-8-19(20)22)32-23-11-10-18(26)14-21(23)27/h3-4,8-11,14-17H,5-7,12-13H2,1-2H3,(H,28,31). The molecule has 2 unspecified atom stereocenters. The number of rotatable bonds is 6. The van der Waals surface area contributed by atoms with E-state index in [4.69, 9.17) is 0 Å². The Morgan fingerprint density at radius 1 is 1.12 bits per heavy atom. The van der Waals surface area contributed by atoms with Crippen LogP contribution in [0, 0.1) is 11.6 Å². The van der Waals surface area contributed by atoms with Crippen molar-refractivity contribution >= 4 is 28.6 Å². The van der Waals surface area contributed by atoms with Gasteiger partial charge in [0.05, 0.1) is 11.1 Å². The van der Waals surface area contributed by atoms with Gasteiger partial charge in [0.1, 0.15) is 16.7 Å². The first kappa shape index (κ1) is 22.7. The van der Waals surface area contributed by atoms with Crippen LogP contribution in [0.2, 0.25) is 0 Å². The molecule has 1 aliphatic rings. The van der Waals surface area contributed by atoms with Crippen LogP contribution in [0.25, 0.3) is 10.9 Å². The number of carbonyl (C=O) groups excluding carboxylic acids is 1. The molecule has 0 saturated carbocycles. The number of amides is 1. The second-order valence-electron chi connectivity index (χ2n) is 8.32.